The van der Waals surface area contributed by atoms with Gasteiger partial charge in [0.2, 0.25) is 17.4 Å². The number of aromatic amines is 1. The van der Waals surface area contributed by atoms with E-state index in [9.17, 15) is 9.59 Å². The number of carbonyl (C=O) groups excluding carboxylic acids is 1. The van der Waals surface area contributed by atoms with Crippen molar-refractivity contribution >= 4 is 22.9 Å². The molecule has 10 nitrogen and oxygen atoms in total. The van der Waals surface area contributed by atoms with Crippen molar-refractivity contribution in [3.8, 4) is 0 Å². The van der Waals surface area contributed by atoms with E-state index < -0.39 is 0 Å². The molecule has 1 spiro atoms. The predicted molar refractivity (Wildman–Crippen MR) is 115 cm³/mol. The van der Waals surface area contributed by atoms with Crippen LogP contribution in [0.4, 0.5) is 5.95 Å². The first-order valence-electron chi connectivity index (χ1n) is 11.1. The zero-order valence-corrected chi connectivity index (χ0v) is 17.7. The van der Waals surface area contributed by atoms with Gasteiger partial charge in [0.05, 0.1) is 24.3 Å². The highest BCUT2D eigenvalue weighted by Gasteiger charge is 2.45. The highest BCUT2D eigenvalue weighted by atomic mass is 16.5. The molecule has 0 atom stereocenters. The number of amides is 1. The maximum Gasteiger partial charge on any atom is 0.293 e. The number of anilines is 1. The van der Waals surface area contributed by atoms with Gasteiger partial charge in [-0.05, 0) is 37.8 Å². The third-order valence-electron chi connectivity index (χ3n) is 7.13. The summed E-state index contributed by atoms with van der Waals surface area (Å²) in [4.78, 5) is 41.9. The number of hydrogen-bond donors (Lipinski definition) is 1. The summed E-state index contributed by atoms with van der Waals surface area (Å²) in [5.74, 6) is 0.707. The van der Waals surface area contributed by atoms with Crippen molar-refractivity contribution in [2.75, 3.05) is 44.3 Å². The second-order valence-electron chi connectivity index (χ2n) is 8.77. The Balaban J connectivity index is 1.25. The number of aromatic nitrogens is 4. The van der Waals surface area contributed by atoms with Crippen LogP contribution in [0.1, 0.15) is 41.1 Å². The van der Waals surface area contributed by atoms with Gasteiger partial charge in [0.15, 0.2) is 0 Å². The maximum absolute atomic E-state index is 13.1. The van der Waals surface area contributed by atoms with Crippen molar-refractivity contribution in [1.82, 2.24) is 25.0 Å². The summed E-state index contributed by atoms with van der Waals surface area (Å²) >= 11 is 0. The van der Waals surface area contributed by atoms with Gasteiger partial charge in [-0.1, -0.05) is 5.16 Å². The van der Waals surface area contributed by atoms with Crippen molar-refractivity contribution in [1.29, 1.82) is 0 Å². The molecule has 5 heterocycles. The van der Waals surface area contributed by atoms with Gasteiger partial charge in [0.1, 0.15) is 0 Å². The number of hydrogen-bond acceptors (Lipinski definition) is 8. The average Bonchev–Trinajstić information content (AvgIpc) is 3.42. The molecule has 0 bridgehead atoms. The summed E-state index contributed by atoms with van der Waals surface area (Å²) in [6.45, 7) is 3.88. The number of ether oxygens (including phenoxy) is 1. The van der Waals surface area contributed by atoms with Crippen LogP contribution in [0.5, 0.6) is 0 Å². The molecule has 0 aromatic carbocycles. The molecule has 166 valence electrons. The van der Waals surface area contributed by atoms with Crippen LogP contribution in [0.3, 0.4) is 0 Å². The summed E-state index contributed by atoms with van der Waals surface area (Å²) in [6.07, 6.45) is 4.79. The minimum Gasteiger partial charge on any atom is -0.378 e. The number of rotatable bonds is 2. The van der Waals surface area contributed by atoms with Crippen LogP contribution in [0.15, 0.2) is 27.6 Å². The number of likely N-dealkylation sites (tertiary alicyclic amines) is 1. The van der Waals surface area contributed by atoms with Crippen molar-refractivity contribution < 1.29 is 14.1 Å². The molecule has 3 aromatic heterocycles. The van der Waals surface area contributed by atoms with E-state index >= 15 is 0 Å². The molecule has 6 rings (SSSR count). The number of carbonyl (C=O) groups is 1. The Morgan fingerprint density at radius 2 is 1.94 bits per heavy atom. The van der Waals surface area contributed by atoms with Gasteiger partial charge in [0, 0.05) is 43.4 Å². The molecule has 1 amide bonds. The van der Waals surface area contributed by atoms with E-state index in [1.54, 1.807) is 18.3 Å². The van der Waals surface area contributed by atoms with Crippen LogP contribution in [0.2, 0.25) is 0 Å². The highest BCUT2D eigenvalue weighted by molar-refractivity contribution is 6.02. The summed E-state index contributed by atoms with van der Waals surface area (Å²) in [6, 6.07) is 3.57. The number of H-pyrrole nitrogens is 1. The minimum atomic E-state index is -0.165. The van der Waals surface area contributed by atoms with E-state index in [0.717, 1.165) is 50.0 Å². The van der Waals surface area contributed by atoms with Gasteiger partial charge in [0.25, 0.3) is 11.5 Å². The van der Waals surface area contributed by atoms with E-state index in [-0.39, 0.29) is 22.6 Å². The normalized spacial score (nSPS) is 20.1. The molecular weight excluding hydrogens is 412 g/mol. The molecule has 0 radical (unpaired) electrons. The van der Waals surface area contributed by atoms with Gasteiger partial charge >= 0.3 is 0 Å². The monoisotopic (exact) mass is 436 g/mol. The number of fused-ring (bicyclic) bond motifs is 3. The molecule has 0 unspecified atom stereocenters. The quantitative estimate of drug-likeness (QED) is 0.638. The fourth-order valence-electron chi connectivity index (χ4n) is 5.27. The fraction of sp³-hybridized carbons (Fsp3) is 0.500. The lowest BCUT2D eigenvalue weighted by molar-refractivity contribution is 0.0625. The summed E-state index contributed by atoms with van der Waals surface area (Å²) < 4.78 is 10.8. The fourth-order valence-corrected chi connectivity index (χ4v) is 5.27. The van der Waals surface area contributed by atoms with E-state index in [2.05, 4.69) is 20.0 Å². The number of piperidine rings is 1. The third kappa shape index (κ3) is 3.01. The van der Waals surface area contributed by atoms with Crippen molar-refractivity contribution in [3.63, 3.8) is 0 Å². The molecule has 10 heteroatoms. The third-order valence-corrected chi connectivity index (χ3v) is 7.13. The van der Waals surface area contributed by atoms with Crippen LogP contribution in [0, 0.1) is 0 Å². The smallest absolute Gasteiger partial charge is 0.293 e. The van der Waals surface area contributed by atoms with Crippen LogP contribution in [-0.4, -0.2) is 70.3 Å². The molecule has 0 saturated carbocycles. The number of morpholine rings is 1. The van der Waals surface area contributed by atoms with Crippen molar-refractivity contribution in [2.24, 2.45) is 0 Å². The molecule has 2 aliphatic heterocycles. The van der Waals surface area contributed by atoms with E-state index in [1.165, 1.54) is 0 Å². The second-order valence-corrected chi connectivity index (χ2v) is 8.77. The standard InChI is InChI=1S/C22H24N6O4/c29-19-15-3-4-22(17(15)24-21(25-19)28-10-12-31-13-11-28)5-8-27(9-6-22)20(30)16-14-2-1-7-23-18(14)26-32-16/h1-2,7H,3-6,8-13H2,(H,24,25,29). The molecule has 32 heavy (non-hydrogen) atoms. The predicted octanol–water partition coefficient (Wildman–Crippen LogP) is 1.26. The van der Waals surface area contributed by atoms with Gasteiger partial charge < -0.3 is 19.1 Å². The molecule has 2 saturated heterocycles. The summed E-state index contributed by atoms with van der Waals surface area (Å²) in [7, 11) is 0. The van der Waals surface area contributed by atoms with Gasteiger partial charge in [-0.25, -0.2) is 9.97 Å². The largest absolute Gasteiger partial charge is 0.378 e. The van der Waals surface area contributed by atoms with Gasteiger partial charge in [-0.3, -0.25) is 14.6 Å². The van der Waals surface area contributed by atoms with Gasteiger partial charge in [-0.15, -0.1) is 0 Å². The van der Waals surface area contributed by atoms with Crippen LogP contribution in [0.25, 0.3) is 11.0 Å². The topological polar surface area (TPSA) is 117 Å². The number of pyridine rings is 1. The molecular formula is C22H24N6O4. The summed E-state index contributed by atoms with van der Waals surface area (Å²) in [5.41, 5.74) is 1.96. The van der Waals surface area contributed by atoms with E-state index in [4.69, 9.17) is 14.2 Å². The SMILES string of the molecule is O=C(c1onc2ncccc12)N1CCC2(CCc3c2nc(N2CCOCC2)[nH]c3=O)CC1. The maximum atomic E-state index is 13.1. The molecule has 1 N–H and O–H groups in total. The Morgan fingerprint density at radius 3 is 2.75 bits per heavy atom. The second kappa shape index (κ2) is 7.40. The van der Waals surface area contributed by atoms with Crippen molar-refractivity contribution in [3.05, 3.63) is 45.7 Å². The Morgan fingerprint density at radius 1 is 1.12 bits per heavy atom. The lowest BCUT2D eigenvalue weighted by atomic mass is 9.76. The zero-order valence-electron chi connectivity index (χ0n) is 17.7. The first-order chi connectivity index (χ1) is 15.6. The lowest BCUT2D eigenvalue weighted by Crippen LogP contribution is -2.45. The molecule has 3 aromatic rings. The molecule has 3 aliphatic rings. The Bertz CT molecular complexity index is 1240. The van der Waals surface area contributed by atoms with Crippen LogP contribution >= 0.6 is 0 Å². The zero-order chi connectivity index (χ0) is 21.7. The van der Waals surface area contributed by atoms with Gasteiger partial charge in [-0.2, -0.15) is 0 Å². The Hall–Kier alpha value is -3.27. The minimum absolute atomic E-state index is 0.0347. The lowest BCUT2D eigenvalue weighted by Gasteiger charge is -2.39. The Labute approximate surface area is 183 Å². The van der Waals surface area contributed by atoms with Crippen molar-refractivity contribution in [2.45, 2.75) is 31.1 Å². The first kappa shape index (κ1) is 19.4. The molecule has 1 aliphatic carbocycles. The van der Waals surface area contributed by atoms with E-state index in [0.29, 0.717) is 43.3 Å². The number of nitrogens with zero attached hydrogens (tertiary/aromatic N) is 5. The first-order valence-corrected chi connectivity index (χ1v) is 11.1. The molecule has 2 fully saturated rings. The average molecular weight is 436 g/mol. The Kier molecular flexibility index (Phi) is 4.49. The highest BCUT2D eigenvalue weighted by Crippen LogP contribution is 2.44. The number of nitrogens with one attached hydrogen (secondary N) is 1. The summed E-state index contributed by atoms with van der Waals surface area (Å²) in [5, 5.41) is 4.54. The van der Waals surface area contributed by atoms with E-state index in [1.807, 2.05) is 4.90 Å². The van der Waals surface area contributed by atoms with Crippen LogP contribution in [-0.2, 0) is 16.6 Å². The van der Waals surface area contributed by atoms with Crippen LogP contribution < -0.4 is 10.5 Å².